The molecule has 4 aliphatic rings. The summed E-state index contributed by atoms with van der Waals surface area (Å²) in [6.45, 7) is 6.25. The van der Waals surface area contributed by atoms with Crippen LogP contribution >= 0.6 is 15.9 Å². The van der Waals surface area contributed by atoms with Gasteiger partial charge in [0.25, 0.3) is 0 Å². The predicted octanol–water partition coefficient (Wildman–Crippen LogP) is 4.71. The van der Waals surface area contributed by atoms with Crippen molar-refractivity contribution < 1.29 is 34.5 Å². The van der Waals surface area contributed by atoms with Gasteiger partial charge in [-0.2, -0.15) is 0 Å². The van der Waals surface area contributed by atoms with Crippen LogP contribution in [0.2, 0.25) is 0 Å². The zero-order valence-corrected chi connectivity index (χ0v) is 21.8. The van der Waals surface area contributed by atoms with Gasteiger partial charge in [-0.25, -0.2) is 0 Å². The molecule has 4 saturated carbocycles. The van der Waals surface area contributed by atoms with Crippen LogP contribution in [-0.2, 0) is 19.2 Å². The van der Waals surface area contributed by atoms with E-state index in [-0.39, 0.29) is 53.1 Å². The van der Waals surface area contributed by atoms with Gasteiger partial charge in [0.15, 0.2) is 0 Å². The Labute approximate surface area is 209 Å². The predicted molar refractivity (Wildman–Crippen MR) is 127 cm³/mol. The number of ketones is 1. The summed E-state index contributed by atoms with van der Waals surface area (Å²) in [6.07, 6.45) is 4.32. The van der Waals surface area contributed by atoms with Gasteiger partial charge in [0.2, 0.25) is 0 Å². The van der Waals surface area contributed by atoms with Crippen LogP contribution in [0.5, 0.6) is 0 Å². The first-order valence-electron chi connectivity index (χ1n) is 12.7. The summed E-state index contributed by atoms with van der Waals surface area (Å²) in [5.74, 6) is -3.74. The molecule has 11 atom stereocenters. The highest BCUT2D eigenvalue weighted by atomic mass is 79.9. The summed E-state index contributed by atoms with van der Waals surface area (Å²) >= 11 is 3.69. The second-order valence-electron chi connectivity index (χ2n) is 12.1. The number of hydrogen-bond acceptors (Lipinski definition) is 4. The topological polar surface area (TPSA) is 129 Å². The van der Waals surface area contributed by atoms with Crippen LogP contribution in [0.1, 0.15) is 72.1 Å². The first-order valence-corrected chi connectivity index (χ1v) is 13.6. The number of carboxylic acid groups (broad SMARTS) is 3. The standard InChI is InChI=1S/C26H37BrO7/c1-12(4-7-19(28)29)14-5-6-15-20-16(11-18(24(33)34)26(14,15)3)25(2)9-8-13(23(31)32)10-17(25)21(27)22(20)30/h12-18,20-21H,4-11H2,1-3H3,(H,28,29)(H,31,32)(H,33,34)/t12-,13+,14+,15+,16-,17-,18+,20-,21+,25+,26+/m0/s1. The lowest BCUT2D eigenvalue weighted by atomic mass is 9.41. The Morgan fingerprint density at radius 2 is 1.68 bits per heavy atom. The van der Waals surface area contributed by atoms with Gasteiger partial charge in [0, 0.05) is 12.3 Å². The molecule has 4 aliphatic carbocycles. The first-order chi connectivity index (χ1) is 15.8. The molecular weight excluding hydrogens is 504 g/mol. The summed E-state index contributed by atoms with van der Waals surface area (Å²) in [4.78, 5) is 49.0. The lowest BCUT2D eigenvalue weighted by Crippen LogP contribution is -2.63. The van der Waals surface area contributed by atoms with E-state index in [9.17, 15) is 34.5 Å². The summed E-state index contributed by atoms with van der Waals surface area (Å²) in [5, 5.41) is 29.2. The third-order valence-electron chi connectivity index (χ3n) is 10.9. The number of hydrogen-bond donors (Lipinski definition) is 3. The van der Waals surface area contributed by atoms with Gasteiger partial charge < -0.3 is 15.3 Å². The Bertz CT molecular complexity index is 888. The van der Waals surface area contributed by atoms with Crippen LogP contribution in [-0.4, -0.2) is 43.8 Å². The molecule has 8 heteroatoms. The molecule has 0 aliphatic heterocycles. The van der Waals surface area contributed by atoms with E-state index in [0.717, 1.165) is 12.8 Å². The maximum Gasteiger partial charge on any atom is 0.307 e. The van der Waals surface area contributed by atoms with Crippen molar-refractivity contribution in [1.29, 1.82) is 0 Å². The summed E-state index contributed by atoms with van der Waals surface area (Å²) in [6, 6.07) is 0. The smallest absolute Gasteiger partial charge is 0.307 e. The second kappa shape index (κ2) is 8.90. The Balaban J connectivity index is 1.71. The fourth-order valence-electron chi connectivity index (χ4n) is 9.05. The van der Waals surface area contributed by atoms with Crippen molar-refractivity contribution in [2.24, 2.45) is 58.2 Å². The van der Waals surface area contributed by atoms with E-state index in [1.165, 1.54) is 0 Å². The molecule has 0 unspecified atom stereocenters. The largest absolute Gasteiger partial charge is 0.481 e. The minimum atomic E-state index is -0.842. The summed E-state index contributed by atoms with van der Waals surface area (Å²) in [5.41, 5.74) is -0.838. The number of carbonyl (C=O) groups is 4. The van der Waals surface area contributed by atoms with Crippen LogP contribution in [0.25, 0.3) is 0 Å². The lowest BCUT2D eigenvalue weighted by Gasteiger charge is -2.62. The maximum atomic E-state index is 13.9. The van der Waals surface area contributed by atoms with Crippen molar-refractivity contribution in [2.75, 3.05) is 0 Å². The Morgan fingerprint density at radius 3 is 2.26 bits per heavy atom. The first kappa shape index (κ1) is 25.6. The molecule has 3 N–H and O–H groups in total. The SMILES string of the molecule is C[C@@H](CCC(=O)O)[C@H]1CC[C@@H]2[C@@H]3C(=O)[C@H](Br)[C@@H]4C[C@H](C(=O)O)CC[C@]4(C)[C@H]3C[C@H](C(=O)O)[C@@]21C. The average Bonchev–Trinajstić information content (AvgIpc) is 3.12. The number of alkyl halides is 1. The highest BCUT2D eigenvalue weighted by molar-refractivity contribution is 9.10. The number of Topliss-reactive ketones (excluding diaryl/α,β-unsaturated/α-hetero) is 1. The number of halogens is 1. The normalized spacial score (nSPS) is 46.6. The van der Waals surface area contributed by atoms with Gasteiger partial charge >= 0.3 is 17.9 Å². The fourth-order valence-corrected chi connectivity index (χ4v) is 10.2. The maximum absolute atomic E-state index is 13.9. The third kappa shape index (κ3) is 3.73. The van der Waals surface area contributed by atoms with Crippen LogP contribution < -0.4 is 0 Å². The van der Waals surface area contributed by atoms with Gasteiger partial charge in [-0.1, -0.05) is 36.7 Å². The molecule has 7 nitrogen and oxygen atoms in total. The molecule has 0 saturated heterocycles. The molecule has 0 aromatic carbocycles. The Morgan fingerprint density at radius 1 is 1.00 bits per heavy atom. The Hall–Kier alpha value is -1.44. The van der Waals surface area contributed by atoms with E-state index in [0.29, 0.717) is 32.1 Å². The highest BCUT2D eigenvalue weighted by Gasteiger charge is 2.69. The molecule has 4 rings (SSSR count). The van der Waals surface area contributed by atoms with Crippen molar-refractivity contribution in [3.05, 3.63) is 0 Å². The molecule has 4 fully saturated rings. The zero-order chi connectivity index (χ0) is 25.2. The lowest BCUT2D eigenvalue weighted by molar-refractivity contribution is -0.181. The number of carboxylic acids is 3. The second-order valence-corrected chi connectivity index (χ2v) is 13.0. The molecule has 190 valence electrons. The zero-order valence-electron chi connectivity index (χ0n) is 20.2. The van der Waals surface area contributed by atoms with E-state index >= 15 is 0 Å². The van der Waals surface area contributed by atoms with Gasteiger partial charge in [-0.3, -0.25) is 19.2 Å². The number of carbonyl (C=O) groups excluding carboxylic acids is 1. The van der Waals surface area contributed by atoms with Gasteiger partial charge in [0.05, 0.1) is 16.7 Å². The number of rotatable bonds is 6. The van der Waals surface area contributed by atoms with E-state index in [2.05, 4.69) is 22.9 Å². The van der Waals surface area contributed by atoms with E-state index in [1.807, 2.05) is 13.8 Å². The Kier molecular flexibility index (Phi) is 6.71. The molecule has 0 amide bonds. The number of fused-ring (bicyclic) bond motifs is 5. The highest BCUT2D eigenvalue weighted by Crippen LogP contribution is 2.70. The van der Waals surface area contributed by atoms with Crippen molar-refractivity contribution in [3.63, 3.8) is 0 Å². The van der Waals surface area contributed by atoms with E-state index in [1.54, 1.807) is 0 Å². The molecule has 0 aromatic heterocycles. The molecule has 0 heterocycles. The fraction of sp³-hybridized carbons (Fsp3) is 0.846. The molecule has 0 radical (unpaired) electrons. The average molecular weight is 541 g/mol. The van der Waals surface area contributed by atoms with Crippen molar-refractivity contribution in [2.45, 2.75) is 77.0 Å². The van der Waals surface area contributed by atoms with Crippen LogP contribution in [0.15, 0.2) is 0 Å². The monoisotopic (exact) mass is 540 g/mol. The molecular formula is C26H37BrO7. The van der Waals surface area contributed by atoms with E-state index in [4.69, 9.17) is 0 Å². The quantitative estimate of drug-likeness (QED) is 0.416. The van der Waals surface area contributed by atoms with Crippen LogP contribution in [0.3, 0.4) is 0 Å². The van der Waals surface area contributed by atoms with Crippen molar-refractivity contribution in [1.82, 2.24) is 0 Å². The third-order valence-corrected chi connectivity index (χ3v) is 11.9. The summed E-state index contributed by atoms with van der Waals surface area (Å²) < 4.78 is 0. The minimum absolute atomic E-state index is 0.0489. The minimum Gasteiger partial charge on any atom is -0.481 e. The molecule has 0 bridgehead atoms. The molecule has 0 spiro atoms. The van der Waals surface area contributed by atoms with Gasteiger partial charge in [-0.15, -0.1) is 0 Å². The van der Waals surface area contributed by atoms with Gasteiger partial charge in [-0.05, 0) is 85.4 Å². The number of aliphatic carboxylic acids is 3. The van der Waals surface area contributed by atoms with Gasteiger partial charge in [0.1, 0.15) is 5.78 Å². The van der Waals surface area contributed by atoms with Crippen LogP contribution in [0.4, 0.5) is 0 Å². The van der Waals surface area contributed by atoms with Crippen molar-refractivity contribution in [3.8, 4) is 0 Å². The van der Waals surface area contributed by atoms with Crippen LogP contribution in [0, 0.1) is 58.2 Å². The molecule has 0 aromatic rings. The van der Waals surface area contributed by atoms with E-state index < -0.39 is 40.0 Å². The van der Waals surface area contributed by atoms with Crippen molar-refractivity contribution >= 4 is 39.6 Å². The summed E-state index contributed by atoms with van der Waals surface area (Å²) in [7, 11) is 0. The molecule has 34 heavy (non-hydrogen) atoms.